The molecule has 0 saturated carbocycles. The summed E-state index contributed by atoms with van der Waals surface area (Å²) in [5, 5.41) is 14.1. The molecule has 0 unspecified atom stereocenters. The Hall–Kier alpha value is -1.47. The number of carbonyl (C=O) groups is 1. The van der Waals surface area contributed by atoms with Crippen molar-refractivity contribution in [3.63, 3.8) is 0 Å². The highest BCUT2D eigenvalue weighted by molar-refractivity contribution is 7.17. The maximum atomic E-state index is 12.5. The third kappa shape index (κ3) is 4.25. The van der Waals surface area contributed by atoms with Crippen molar-refractivity contribution in [3.8, 4) is 0 Å². The molecule has 0 bridgehead atoms. The second kappa shape index (κ2) is 7.51. The van der Waals surface area contributed by atoms with Crippen LogP contribution in [0, 0.1) is 16.0 Å². The van der Waals surface area contributed by atoms with Crippen molar-refractivity contribution in [1.29, 1.82) is 0 Å². The molecule has 0 atom stereocenters. The summed E-state index contributed by atoms with van der Waals surface area (Å²) >= 11 is 0.963. The van der Waals surface area contributed by atoms with Gasteiger partial charge in [-0.3, -0.25) is 14.9 Å². The molecule has 0 spiro atoms. The molecule has 1 N–H and O–H groups in total. The van der Waals surface area contributed by atoms with Gasteiger partial charge in [0.15, 0.2) is 0 Å². The fourth-order valence-electron chi connectivity index (χ4n) is 2.62. The van der Waals surface area contributed by atoms with Crippen molar-refractivity contribution in [2.45, 2.75) is 26.2 Å². The molecule has 1 saturated heterocycles. The number of nitrogens with one attached hydrogen (secondary N) is 1. The average molecular weight is 311 g/mol. The minimum Gasteiger partial charge on any atom is -0.338 e. The molecule has 1 aromatic rings. The molecule has 0 aliphatic carbocycles. The monoisotopic (exact) mass is 311 g/mol. The van der Waals surface area contributed by atoms with Crippen LogP contribution < -0.4 is 5.32 Å². The van der Waals surface area contributed by atoms with Crippen molar-refractivity contribution < 1.29 is 9.72 Å². The van der Waals surface area contributed by atoms with Crippen LogP contribution in [0.4, 0.5) is 5.00 Å². The molecule has 116 valence electrons. The first-order valence-electron chi connectivity index (χ1n) is 7.36. The first-order valence-corrected chi connectivity index (χ1v) is 8.17. The lowest BCUT2D eigenvalue weighted by Gasteiger charge is -2.29. The standard InChI is InChI=1S/C14H21N3O3S/c1-2-9-16(10-11-5-7-15-8-6-11)14(18)12-3-4-13(21-12)17(19)20/h3-4,11,15H,2,5-10H2,1H3. The van der Waals surface area contributed by atoms with E-state index < -0.39 is 4.92 Å². The summed E-state index contributed by atoms with van der Waals surface area (Å²) in [6.45, 7) is 5.50. The Labute approximate surface area is 128 Å². The van der Waals surface area contributed by atoms with Gasteiger partial charge in [-0.2, -0.15) is 0 Å². The molecule has 6 nitrogen and oxygen atoms in total. The number of thiophene rings is 1. The van der Waals surface area contributed by atoms with Gasteiger partial charge in [0.05, 0.1) is 9.80 Å². The second-order valence-corrected chi connectivity index (χ2v) is 6.40. The van der Waals surface area contributed by atoms with E-state index in [-0.39, 0.29) is 10.9 Å². The summed E-state index contributed by atoms with van der Waals surface area (Å²) in [7, 11) is 0. The van der Waals surface area contributed by atoms with Crippen LogP contribution in [0.1, 0.15) is 35.9 Å². The van der Waals surface area contributed by atoms with Gasteiger partial charge < -0.3 is 10.2 Å². The van der Waals surface area contributed by atoms with Crippen molar-refractivity contribution in [2.24, 2.45) is 5.92 Å². The van der Waals surface area contributed by atoms with E-state index in [0.717, 1.165) is 50.2 Å². The molecule has 2 rings (SSSR count). The molecule has 2 heterocycles. The van der Waals surface area contributed by atoms with E-state index in [1.165, 1.54) is 6.07 Å². The Morgan fingerprint density at radius 1 is 1.48 bits per heavy atom. The molecule has 1 amide bonds. The van der Waals surface area contributed by atoms with Crippen molar-refractivity contribution in [1.82, 2.24) is 10.2 Å². The molecular weight excluding hydrogens is 290 g/mol. The maximum absolute atomic E-state index is 12.5. The minimum atomic E-state index is -0.446. The van der Waals surface area contributed by atoms with Crippen LogP contribution in [0.15, 0.2) is 12.1 Å². The first kappa shape index (κ1) is 15.9. The number of nitrogens with zero attached hydrogens (tertiary/aromatic N) is 2. The van der Waals surface area contributed by atoms with Gasteiger partial charge in [0.1, 0.15) is 0 Å². The van der Waals surface area contributed by atoms with Crippen LogP contribution in [0.2, 0.25) is 0 Å². The Morgan fingerprint density at radius 3 is 2.76 bits per heavy atom. The van der Waals surface area contributed by atoms with Gasteiger partial charge in [0, 0.05) is 19.2 Å². The van der Waals surface area contributed by atoms with Gasteiger partial charge in [-0.15, -0.1) is 0 Å². The number of hydrogen-bond acceptors (Lipinski definition) is 5. The van der Waals surface area contributed by atoms with Crippen molar-refractivity contribution in [3.05, 3.63) is 27.1 Å². The number of amides is 1. The zero-order valence-electron chi connectivity index (χ0n) is 12.2. The van der Waals surface area contributed by atoms with Crippen LogP contribution in [0.25, 0.3) is 0 Å². The van der Waals surface area contributed by atoms with Crippen LogP contribution in [-0.4, -0.2) is 41.9 Å². The van der Waals surface area contributed by atoms with Crippen LogP contribution in [-0.2, 0) is 0 Å². The molecule has 0 radical (unpaired) electrons. The summed E-state index contributed by atoms with van der Waals surface area (Å²) in [6, 6.07) is 2.97. The normalized spacial score (nSPS) is 15.9. The lowest BCUT2D eigenvalue weighted by atomic mass is 9.97. The Morgan fingerprint density at radius 2 is 2.19 bits per heavy atom. The molecule has 1 fully saturated rings. The number of rotatable bonds is 6. The fourth-order valence-corrected chi connectivity index (χ4v) is 3.41. The number of carbonyl (C=O) groups excluding carboxylic acids is 1. The second-order valence-electron chi connectivity index (χ2n) is 5.34. The number of piperidine rings is 1. The predicted molar refractivity (Wildman–Crippen MR) is 82.8 cm³/mol. The SMILES string of the molecule is CCCN(CC1CCNCC1)C(=O)c1ccc([N+](=O)[O-])s1. The molecule has 7 heteroatoms. The lowest BCUT2D eigenvalue weighted by molar-refractivity contribution is -0.380. The summed E-state index contributed by atoms with van der Waals surface area (Å²) in [5.74, 6) is 0.449. The molecule has 1 aromatic heterocycles. The lowest BCUT2D eigenvalue weighted by Crippen LogP contribution is -2.39. The van der Waals surface area contributed by atoms with Crippen molar-refractivity contribution >= 4 is 22.2 Å². The highest BCUT2D eigenvalue weighted by atomic mass is 32.1. The van der Waals surface area contributed by atoms with Crippen molar-refractivity contribution in [2.75, 3.05) is 26.2 Å². The molecule has 1 aliphatic heterocycles. The van der Waals surface area contributed by atoms with E-state index in [9.17, 15) is 14.9 Å². The maximum Gasteiger partial charge on any atom is 0.324 e. The largest absolute Gasteiger partial charge is 0.338 e. The zero-order chi connectivity index (χ0) is 15.2. The topological polar surface area (TPSA) is 75.5 Å². The summed E-state index contributed by atoms with van der Waals surface area (Å²) in [5.41, 5.74) is 0. The van der Waals surface area contributed by atoms with E-state index in [1.54, 1.807) is 6.07 Å². The van der Waals surface area contributed by atoms with Crippen LogP contribution in [0.3, 0.4) is 0 Å². The summed E-state index contributed by atoms with van der Waals surface area (Å²) in [4.78, 5) is 25.1. The van der Waals surface area contributed by atoms with Gasteiger partial charge >= 0.3 is 5.00 Å². The van der Waals surface area contributed by atoms with Crippen LogP contribution in [0.5, 0.6) is 0 Å². The average Bonchev–Trinajstić information content (AvgIpc) is 2.97. The minimum absolute atomic E-state index is 0.0247. The van der Waals surface area contributed by atoms with Gasteiger partial charge in [-0.1, -0.05) is 18.3 Å². The molecular formula is C14H21N3O3S. The third-order valence-corrected chi connectivity index (χ3v) is 4.73. The van der Waals surface area contributed by atoms with E-state index in [4.69, 9.17) is 0 Å². The summed E-state index contributed by atoms with van der Waals surface area (Å²) < 4.78 is 0. The predicted octanol–water partition coefficient (Wildman–Crippen LogP) is 2.51. The zero-order valence-corrected chi connectivity index (χ0v) is 13.0. The van der Waals surface area contributed by atoms with Gasteiger partial charge in [-0.25, -0.2) is 0 Å². The number of nitro groups is 1. The Bertz CT molecular complexity index is 497. The van der Waals surface area contributed by atoms with E-state index >= 15 is 0 Å². The smallest absolute Gasteiger partial charge is 0.324 e. The molecule has 0 aromatic carbocycles. The highest BCUT2D eigenvalue weighted by Gasteiger charge is 2.23. The Kier molecular flexibility index (Phi) is 5.69. The summed E-state index contributed by atoms with van der Waals surface area (Å²) in [6.07, 6.45) is 3.06. The van der Waals surface area contributed by atoms with Gasteiger partial charge in [-0.05, 0) is 44.3 Å². The molecule has 1 aliphatic rings. The molecule has 21 heavy (non-hydrogen) atoms. The fraction of sp³-hybridized carbons (Fsp3) is 0.643. The van der Waals surface area contributed by atoms with E-state index in [2.05, 4.69) is 5.32 Å². The number of hydrogen-bond donors (Lipinski definition) is 1. The van der Waals surface area contributed by atoms with Crippen LogP contribution >= 0.6 is 11.3 Å². The van der Waals surface area contributed by atoms with Gasteiger partial charge in [0.25, 0.3) is 5.91 Å². The Balaban J connectivity index is 2.04. The van der Waals surface area contributed by atoms with Gasteiger partial charge in [0.2, 0.25) is 0 Å². The van der Waals surface area contributed by atoms with E-state index in [1.807, 2.05) is 11.8 Å². The highest BCUT2D eigenvalue weighted by Crippen LogP contribution is 2.26. The van der Waals surface area contributed by atoms with E-state index in [0.29, 0.717) is 17.3 Å². The third-order valence-electron chi connectivity index (χ3n) is 3.70. The quantitative estimate of drug-likeness (QED) is 0.647. The first-order chi connectivity index (χ1) is 10.1.